The Hall–Kier alpha value is -3.08. The van der Waals surface area contributed by atoms with Crippen LogP contribution in [0, 0.1) is 0 Å². The zero-order chi connectivity index (χ0) is 20.6. The molecular formula is C24H29N3O2. The van der Waals surface area contributed by atoms with Crippen molar-refractivity contribution in [3.05, 3.63) is 71.4 Å². The maximum Gasteiger partial charge on any atom is 0.268 e. The van der Waals surface area contributed by atoms with Gasteiger partial charge in [-0.15, -0.1) is 0 Å². The summed E-state index contributed by atoms with van der Waals surface area (Å²) < 4.78 is 0. The first-order valence-corrected chi connectivity index (χ1v) is 10.2. The van der Waals surface area contributed by atoms with Crippen LogP contribution in [0.25, 0.3) is 6.08 Å². The monoisotopic (exact) mass is 391 g/mol. The molecule has 0 spiro atoms. The third kappa shape index (κ3) is 5.95. The second kappa shape index (κ2) is 9.92. The summed E-state index contributed by atoms with van der Waals surface area (Å²) in [6.45, 7) is 0. The lowest BCUT2D eigenvalue weighted by Gasteiger charge is -2.23. The number of hydrogen-bond acceptors (Lipinski definition) is 3. The number of anilines is 1. The number of amides is 2. The number of hydrogen-bond donors (Lipinski definition) is 2. The van der Waals surface area contributed by atoms with Gasteiger partial charge in [0, 0.05) is 31.4 Å². The highest BCUT2D eigenvalue weighted by Crippen LogP contribution is 2.18. The van der Waals surface area contributed by atoms with Gasteiger partial charge >= 0.3 is 0 Å². The Balaban J connectivity index is 1.81. The molecule has 5 heteroatoms. The number of carbonyl (C=O) groups is 2. The van der Waals surface area contributed by atoms with E-state index in [1.807, 2.05) is 49.3 Å². The van der Waals surface area contributed by atoms with Gasteiger partial charge in [0.15, 0.2) is 0 Å². The van der Waals surface area contributed by atoms with Gasteiger partial charge < -0.3 is 15.5 Å². The van der Waals surface area contributed by atoms with Gasteiger partial charge in [0.25, 0.3) is 11.8 Å². The normalized spacial score (nSPS) is 14.9. The second-order valence-corrected chi connectivity index (χ2v) is 7.67. The SMILES string of the molecule is CN(C)c1ccc(/C=C(/NC(=O)c2ccccc2)C(=O)NC2CCCCC2)cc1. The number of nitrogens with one attached hydrogen (secondary N) is 2. The van der Waals surface area contributed by atoms with Crippen molar-refractivity contribution in [1.82, 2.24) is 10.6 Å². The topological polar surface area (TPSA) is 61.4 Å². The van der Waals surface area contributed by atoms with Crippen LogP contribution in [0.3, 0.4) is 0 Å². The summed E-state index contributed by atoms with van der Waals surface area (Å²) in [5.74, 6) is -0.529. The standard InChI is InChI=1S/C24H29N3O2/c1-27(2)21-15-13-18(14-16-21)17-22(24(29)25-20-11-7-4-8-12-20)26-23(28)19-9-5-3-6-10-19/h3,5-6,9-10,13-17,20H,4,7-8,11-12H2,1-2H3,(H,25,29)(H,26,28)/b22-17+. The van der Waals surface area contributed by atoms with Crippen molar-refractivity contribution in [2.45, 2.75) is 38.1 Å². The van der Waals surface area contributed by atoms with Crippen LogP contribution in [0.4, 0.5) is 5.69 Å². The fourth-order valence-corrected chi connectivity index (χ4v) is 3.49. The molecule has 2 aromatic rings. The van der Waals surface area contributed by atoms with Gasteiger partial charge in [-0.2, -0.15) is 0 Å². The lowest BCUT2D eigenvalue weighted by Crippen LogP contribution is -2.41. The Morgan fingerprint density at radius 2 is 1.59 bits per heavy atom. The lowest BCUT2D eigenvalue weighted by atomic mass is 9.95. The van der Waals surface area contributed by atoms with E-state index in [0.29, 0.717) is 5.56 Å². The Labute approximate surface area is 172 Å². The molecule has 1 saturated carbocycles. The molecule has 0 aliphatic heterocycles. The predicted molar refractivity (Wildman–Crippen MR) is 118 cm³/mol. The van der Waals surface area contributed by atoms with Gasteiger partial charge in [-0.25, -0.2) is 0 Å². The molecule has 0 atom stereocenters. The Kier molecular flexibility index (Phi) is 7.06. The molecule has 0 unspecified atom stereocenters. The van der Waals surface area contributed by atoms with Crippen molar-refractivity contribution in [3.8, 4) is 0 Å². The molecular weight excluding hydrogens is 362 g/mol. The van der Waals surface area contributed by atoms with Gasteiger partial charge in [-0.1, -0.05) is 49.6 Å². The van der Waals surface area contributed by atoms with Crippen LogP contribution in [0.5, 0.6) is 0 Å². The molecule has 2 aromatic carbocycles. The summed E-state index contributed by atoms with van der Waals surface area (Å²) in [6.07, 6.45) is 7.20. The predicted octanol–water partition coefficient (Wildman–Crippen LogP) is 3.97. The van der Waals surface area contributed by atoms with Crippen LogP contribution in [0.2, 0.25) is 0 Å². The molecule has 29 heavy (non-hydrogen) atoms. The molecule has 2 N–H and O–H groups in total. The highest BCUT2D eigenvalue weighted by Gasteiger charge is 2.20. The van der Waals surface area contributed by atoms with Gasteiger partial charge in [0.2, 0.25) is 0 Å². The van der Waals surface area contributed by atoms with Gasteiger partial charge in [-0.05, 0) is 48.7 Å². The van der Waals surface area contributed by atoms with Crippen molar-refractivity contribution in [2.75, 3.05) is 19.0 Å². The number of benzene rings is 2. The van der Waals surface area contributed by atoms with Crippen molar-refractivity contribution >= 4 is 23.6 Å². The molecule has 152 valence electrons. The highest BCUT2D eigenvalue weighted by molar-refractivity contribution is 6.05. The molecule has 1 aliphatic carbocycles. The Morgan fingerprint density at radius 3 is 2.21 bits per heavy atom. The first-order chi connectivity index (χ1) is 14.0. The Bertz CT molecular complexity index is 851. The van der Waals surface area contributed by atoms with Crippen molar-refractivity contribution < 1.29 is 9.59 Å². The molecule has 2 amide bonds. The van der Waals surface area contributed by atoms with Crippen LogP contribution < -0.4 is 15.5 Å². The average Bonchev–Trinajstić information content (AvgIpc) is 2.75. The van der Waals surface area contributed by atoms with Crippen LogP contribution >= 0.6 is 0 Å². The molecule has 3 rings (SSSR count). The van der Waals surface area contributed by atoms with E-state index in [2.05, 4.69) is 10.6 Å². The van der Waals surface area contributed by atoms with E-state index < -0.39 is 0 Å². The minimum Gasteiger partial charge on any atom is -0.378 e. The maximum atomic E-state index is 13.0. The van der Waals surface area contributed by atoms with Gasteiger partial charge in [0.05, 0.1) is 0 Å². The second-order valence-electron chi connectivity index (χ2n) is 7.67. The molecule has 0 heterocycles. The summed E-state index contributed by atoms with van der Waals surface area (Å²) in [5.41, 5.74) is 2.72. The molecule has 5 nitrogen and oxygen atoms in total. The van der Waals surface area contributed by atoms with Crippen LogP contribution in [0.15, 0.2) is 60.3 Å². The van der Waals surface area contributed by atoms with E-state index >= 15 is 0 Å². The first-order valence-electron chi connectivity index (χ1n) is 10.2. The van der Waals surface area contributed by atoms with Crippen LogP contribution in [-0.2, 0) is 4.79 Å². The van der Waals surface area contributed by atoms with Crippen LogP contribution in [-0.4, -0.2) is 32.0 Å². The van der Waals surface area contributed by atoms with Crippen molar-refractivity contribution in [2.24, 2.45) is 0 Å². The molecule has 0 aromatic heterocycles. The van der Waals surface area contributed by atoms with Crippen molar-refractivity contribution in [1.29, 1.82) is 0 Å². The van der Waals surface area contributed by atoms with E-state index in [1.54, 1.807) is 30.3 Å². The number of rotatable bonds is 6. The summed E-state index contributed by atoms with van der Waals surface area (Å²) in [5, 5.41) is 5.90. The fourth-order valence-electron chi connectivity index (χ4n) is 3.49. The first kappa shape index (κ1) is 20.6. The summed E-state index contributed by atoms with van der Waals surface area (Å²) >= 11 is 0. The number of carbonyl (C=O) groups excluding carboxylic acids is 2. The third-order valence-corrected chi connectivity index (χ3v) is 5.19. The van der Waals surface area contributed by atoms with Crippen LogP contribution in [0.1, 0.15) is 48.0 Å². The van der Waals surface area contributed by atoms with Gasteiger partial charge in [0.1, 0.15) is 5.70 Å². The number of nitrogens with zero attached hydrogens (tertiary/aromatic N) is 1. The summed E-state index contributed by atoms with van der Waals surface area (Å²) in [6, 6.07) is 17.0. The third-order valence-electron chi connectivity index (χ3n) is 5.19. The minimum absolute atomic E-state index is 0.171. The maximum absolute atomic E-state index is 13.0. The Morgan fingerprint density at radius 1 is 0.931 bits per heavy atom. The highest BCUT2D eigenvalue weighted by atomic mass is 16.2. The minimum atomic E-state index is -0.291. The van der Waals surface area contributed by atoms with E-state index in [0.717, 1.165) is 36.9 Å². The zero-order valence-corrected chi connectivity index (χ0v) is 17.2. The lowest BCUT2D eigenvalue weighted by molar-refractivity contribution is -0.118. The zero-order valence-electron chi connectivity index (χ0n) is 17.2. The summed E-state index contributed by atoms with van der Waals surface area (Å²) in [4.78, 5) is 27.6. The quantitative estimate of drug-likeness (QED) is 0.733. The average molecular weight is 392 g/mol. The smallest absolute Gasteiger partial charge is 0.268 e. The van der Waals surface area contributed by atoms with E-state index in [4.69, 9.17) is 0 Å². The van der Waals surface area contributed by atoms with E-state index in [1.165, 1.54) is 6.42 Å². The van der Waals surface area contributed by atoms with E-state index in [-0.39, 0.29) is 23.6 Å². The molecule has 0 saturated heterocycles. The largest absolute Gasteiger partial charge is 0.378 e. The molecule has 0 radical (unpaired) electrons. The van der Waals surface area contributed by atoms with Crippen molar-refractivity contribution in [3.63, 3.8) is 0 Å². The molecule has 1 fully saturated rings. The van der Waals surface area contributed by atoms with E-state index in [9.17, 15) is 9.59 Å². The fraction of sp³-hybridized carbons (Fsp3) is 0.333. The molecule has 0 bridgehead atoms. The van der Waals surface area contributed by atoms with Gasteiger partial charge in [-0.3, -0.25) is 9.59 Å². The molecule has 1 aliphatic rings. The summed E-state index contributed by atoms with van der Waals surface area (Å²) in [7, 11) is 3.96.